The Bertz CT molecular complexity index is 1120. The number of rotatable bonds is 4. The van der Waals surface area contributed by atoms with Crippen LogP contribution in [0.15, 0.2) is 29.5 Å². The molecule has 3 heterocycles. The lowest BCUT2D eigenvalue weighted by Crippen LogP contribution is -2.56. The van der Waals surface area contributed by atoms with E-state index in [-0.39, 0.29) is 29.7 Å². The van der Waals surface area contributed by atoms with Crippen LogP contribution in [0.3, 0.4) is 0 Å². The van der Waals surface area contributed by atoms with Gasteiger partial charge >= 0.3 is 12.4 Å². The normalized spacial score (nSPS) is 23.2. The number of nitrogens with one attached hydrogen (secondary N) is 1. The largest absolute Gasteiger partial charge is 0.421 e. The first-order valence-electron chi connectivity index (χ1n) is 11.1. The maximum Gasteiger partial charge on any atom is 0.421 e. The fourth-order valence-corrected chi connectivity index (χ4v) is 4.62. The third kappa shape index (κ3) is 5.43. The van der Waals surface area contributed by atoms with Gasteiger partial charge in [0.25, 0.3) is 5.56 Å². The van der Waals surface area contributed by atoms with Crippen LogP contribution in [0.5, 0.6) is 0 Å². The quantitative estimate of drug-likeness (QED) is 0.646. The number of hydrogen-bond acceptors (Lipinski definition) is 5. The Balaban J connectivity index is 1.29. The van der Waals surface area contributed by atoms with E-state index in [1.807, 2.05) is 6.92 Å². The van der Waals surface area contributed by atoms with Crippen LogP contribution >= 0.6 is 0 Å². The maximum atomic E-state index is 12.9. The zero-order chi connectivity index (χ0) is 25.5. The number of carbonyl (C=O) groups is 1. The number of carbonyl (C=O) groups excluding carboxylic acids is 1. The first-order chi connectivity index (χ1) is 16.3. The summed E-state index contributed by atoms with van der Waals surface area (Å²) in [5.41, 5.74) is -2.98. The first-order valence-corrected chi connectivity index (χ1v) is 11.1. The number of aromatic amines is 1. The molecule has 1 saturated carbocycles. The molecule has 2 aromatic rings. The molecule has 7 nitrogen and oxygen atoms in total. The number of anilines is 1. The van der Waals surface area contributed by atoms with Crippen LogP contribution < -0.4 is 10.5 Å². The van der Waals surface area contributed by atoms with Crippen LogP contribution in [0, 0.1) is 11.8 Å². The zero-order valence-electron chi connectivity index (χ0n) is 18.7. The summed E-state index contributed by atoms with van der Waals surface area (Å²) in [6.07, 6.45) is -5.09. The topological polar surface area (TPSA) is 82.2 Å². The van der Waals surface area contributed by atoms with Crippen LogP contribution in [0.4, 0.5) is 32.3 Å². The molecule has 13 heteroatoms. The van der Waals surface area contributed by atoms with Crippen molar-refractivity contribution >= 4 is 11.9 Å². The molecular weight excluding hydrogens is 480 g/mol. The standard InChI is InChI=1S/C22H23F6N5O2/c1-12-11-32(2-3-33(12)20-30-9-16(10-31-20)21(23,24)25)19(35)15-5-13(6-15)4-14-7-17(22(26,27)28)18(34)29-8-14/h7-10,12-13,15H,2-6,11H2,1H3,(H,29,34)/t12-,13?,15?/m0/s1. The fraction of sp³-hybridized carbons (Fsp3) is 0.545. The van der Waals surface area contributed by atoms with Crippen LogP contribution in [0.1, 0.15) is 36.5 Å². The molecule has 0 unspecified atom stereocenters. The molecule has 1 saturated heterocycles. The van der Waals surface area contributed by atoms with E-state index in [2.05, 4.69) is 15.0 Å². The van der Waals surface area contributed by atoms with Crippen molar-refractivity contribution in [2.24, 2.45) is 11.8 Å². The summed E-state index contributed by atoms with van der Waals surface area (Å²) >= 11 is 0. The highest BCUT2D eigenvalue weighted by Crippen LogP contribution is 2.38. The highest BCUT2D eigenvalue weighted by atomic mass is 19.4. The van der Waals surface area contributed by atoms with Gasteiger partial charge in [-0.2, -0.15) is 26.3 Å². The molecule has 2 aromatic heterocycles. The second-order valence-corrected chi connectivity index (χ2v) is 9.08. The molecule has 0 radical (unpaired) electrons. The summed E-state index contributed by atoms with van der Waals surface area (Å²) in [7, 11) is 0. The summed E-state index contributed by atoms with van der Waals surface area (Å²) in [6.45, 7) is 2.92. The molecule has 0 aromatic carbocycles. The molecule has 1 atom stereocenters. The molecule has 1 aliphatic heterocycles. The second kappa shape index (κ2) is 9.15. The van der Waals surface area contributed by atoms with Gasteiger partial charge in [0.2, 0.25) is 11.9 Å². The molecule has 0 spiro atoms. The molecule has 190 valence electrons. The summed E-state index contributed by atoms with van der Waals surface area (Å²) in [4.78, 5) is 37.6. The molecular formula is C22H23F6N5O2. The number of aromatic nitrogens is 3. The lowest BCUT2D eigenvalue weighted by Gasteiger charge is -2.43. The summed E-state index contributed by atoms with van der Waals surface area (Å²) in [6, 6.07) is 0.653. The minimum atomic E-state index is -4.73. The lowest BCUT2D eigenvalue weighted by atomic mass is 9.71. The molecule has 4 rings (SSSR count). The van der Waals surface area contributed by atoms with Crippen LogP contribution in [-0.4, -0.2) is 51.4 Å². The minimum Gasteiger partial charge on any atom is -0.339 e. The average Bonchev–Trinajstić information content (AvgIpc) is 2.75. The molecule has 2 fully saturated rings. The number of piperazine rings is 1. The third-order valence-electron chi connectivity index (χ3n) is 6.54. The Hall–Kier alpha value is -3.12. The SMILES string of the molecule is C[C@H]1CN(C(=O)C2CC(Cc3c[nH]c(=O)c(C(F)(F)F)c3)C2)CCN1c1ncc(C(F)(F)F)cn1. The molecule has 1 aliphatic carbocycles. The number of nitrogens with zero attached hydrogens (tertiary/aromatic N) is 4. The van der Waals surface area contributed by atoms with E-state index in [0.29, 0.717) is 44.5 Å². The number of amides is 1. The van der Waals surface area contributed by atoms with Gasteiger partial charge in [-0.15, -0.1) is 0 Å². The minimum absolute atomic E-state index is 0.0372. The van der Waals surface area contributed by atoms with E-state index in [9.17, 15) is 35.9 Å². The number of alkyl halides is 6. The van der Waals surface area contributed by atoms with Crippen molar-refractivity contribution in [3.05, 3.63) is 51.7 Å². The first kappa shape index (κ1) is 25.0. The van der Waals surface area contributed by atoms with Crippen LogP contribution in [0.2, 0.25) is 0 Å². The smallest absolute Gasteiger partial charge is 0.339 e. The van der Waals surface area contributed by atoms with Gasteiger partial charge in [0.15, 0.2) is 0 Å². The van der Waals surface area contributed by atoms with Gasteiger partial charge < -0.3 is 14.8 Å². The fourth-order valence-electron chi connectivity index (χ4n) is 4.62. The van der Waals surface area contributed by atoms with Crippen molar-refractivity contribution in [2.45, 2.75) is 44.6 Å². The number of hydrogen-bond donors (Lipinski definition) is 1. The Morgan fingerprint density at radius 1 is 1.09 bits per heavy atom. The number of halogens is 6. The predicted molar refractivity (Wildman–Crippen MR) is 112 cm³/mol. The van der Waals surface area contributed by atoms with Crippen molar-refractivity contribution in [2.75, 3.05) is 24.5 Å². The van der Waals surface area contributed by atoms with E-state index >= 15 is 0 Å². The van der Waals surface area contributed by atoms with Gasteiger partial charge in [-0.05, 0) is 43.7 Å². The molecule has 35 heavy (non-hydrogen) atoms. The van der Waals surface area contributed by atoms with Crippen LogP contribution in [-0.2, 0) is 23.6 Å². The van der Waals surface area contributed by atoms with Gasteiger partial charge in [0, 0.05) is 50.2 Å². The Morgan fingerprint density at radius 3 is 2.31 bits per heavy atom. The summed E-state index contributed by atoms with van der Waals surface area (Å²) in [5, 5.41) is 0. The van der Waals surface area contributed by atoms with Gasteiger partial charge in [-0.1, -0.05) is 0 Å². The third-order valence-corrected chi connectivity index (χ3v) is 6.54. The van der Waals surface area contributed by atoms with E-state index in [1.165, 1.54) is 6.20 Å². The number of H-pyrrole nitrogens is 1. The van der Waals surface area contributed by atoms with Gasteiger partial charge in [0.05, 0.1) is 5.56 Å². The van der Waals surface area contributed by atoms with Crippen molar-refractivity contribution in [3.63, 3.8) is 0 Å². The molecule has 0 bridgehead atoms. The van der Waals surface area contributed by atoms with E-state index < -0.39 is 29.0 Å². The van der Waals surface area contributed by atoms with Gasteiger partial charge in [0.1, 0.15) is 5.56 Å². The summed E-state index contributed by atoms with van der Waals surface area (Å²) in [5.74, 6) is -0.0694. The second-order valence-electron chi connectivity index (χ2n) is 9.08. The molecule has 1 N–H and O–H groups in total. The van der Waals surface area contributed by atoms with Crippen molar-refractivity contribution in [1.82, 2.24) is 19.9 Å². The van der Waals surface area contributed by atoms with E-state index in [4.69, 9.17) is 0 Å². The highest BCUT2D eigenvalue weighted by molar-refractivity contribution is 5.80. The van der Waals surface area contributed by atoms with Gasteiger partial charge in [-0.3, -0.25) is 9.59 Å². The lowest BCUT2D eigenvalue weighted by molar-refractivity contribution is -0.141. The summed E-state index contributed by atoms with van der Waals surface area (Å²) < 4.78 is 77.0. The van der Waals surface area contributed by atoms with Crippen molar-refractivity contribution in [3.8, 4) is 0 Å². The molecule has 2 aliphatic rings. The zero-order valence-corrected chi connectivity index (χ0v) is 18.7. The Labute approximate surface area is 196 Å². The van der Waals surface area contributed by atoms with Crippen molar-refractivity contribution in [1.29, 1.82) is 0 Å². The van der Waals surface area contributed by atoms with Crippen LogP contribution in [0.25, 0.3) is 0 Å². The Morgan fingerprint density at radius 2 is 1.74 bits per heavy atom. The Kier molecular flexibility index (Phi) is 6.54. The molecule has 1 amide bonds. The average molecular weight is 503 g/mol. The monoisotopic (exact) mass is 503 g/mol. The van der Waals surface area contributed by atoms with Gasteiger partial charge in [-0.25, -0.2) is 9.97 Å². The number of pyridine rings is 1. The van der Waals surface area contributed by atoms with Crippen molar-refractivity contribution < 1.29 is 31.1 Å². The van der Waals surface area contributed by atoms with E-state index in [1.54, 1.807) is 9.80 Å². The predicted octanol–water partition coefficient (Wildman–Crippen LogP) is 3.51. The van der Waals surface area contributed by atoms with E-state index in [0.717, 1.165) is 18.5 Å². The highest BCUT2D eigenvalue weighted by Gasteiger charge is 2.40. The maximum absolute atomic E-state index is 12.9.